The van der Waals surface area contributed by atoms with Crippen LogP contribution in [0.25, 0.3) is 11.3 Å². The number of halogens is 4. The first-order chi connectivity index (χ1) is 13.5. The molecule has 0 saturated heterocycles. The summed E-state index contributed by atoms with van der Waals surface area (Å²) in [5, 5.41) is 8.92. The third-order valence-electron chi connectivity index (χ3n) is 3.50. The van der Waals surface area contributed by atoms with Crippen LogP contribution in [-0.4, -0.2) is 54.8 Å². The van der Waals surface area contributed by atoms with Crippen molar-refractivity contribution in [2.75, 3.05) is 38.8 Å². The SMILES string of the molecule is Nc1nc(CCCOCCOCCOC(F)F)nnc1-c1cccc(Cl)c1Cl. The van der Waals surface area contributed by atoms with Crippen molar-refractivity contribution in [3.63, 3.8) is 0 Å². The molecule has 0 bridgehead atoms. The molecule has 154 valence electrons. The molecule has 11 heteroatoms. The van der Waals surface area contributed by atoms with E-state index in [1.807, 2.05) is 0 Å². The zero-order chi connectivity index (χ0) is 20.4. The Labute approximate surface area is 171 Å². The Morgan fingerprint density at radius 2 is 1.71 bits per heavy atom. The predicted octanol–water partition coefficient (Wildman–Crippen LogP) is 3.63. The lowest BCUT2D eigenvalue weighted by atomic mass is 10.1. The minimum absolute atomic E-state index is 0.0927. The van der Waals surface area contributed by atoms with Crippen molar-refractivity contribution in [2.24, 2.45) is 0 Å². The summed E-state index contributed by atoms with van der Waals surface area (Å²) in [5.41, 5.74) is 6.93. The fourth-order valence-corrected chi connectivity index (χ4v) is 2.60. The molecule has 2 aromatic rings. The highest BCUT2D eigenvalue weighted by Crippen LogP contribution is 2.34. The third kappa shape index (κ3) is 7.40. The van der Waals surface area contributed by atoms with Gasteiger partial charge in [0.15, 0.2) is 11.6 Å². The third-order valence-corrected chi connectivity index (χ3v) is 4.32. The summed E-state index contributed by atoms with van der Waals surface area (Å²) in [7, 11) is 0. The van der Waals surface area contributed by atoms with E-state index >= 15 is 0 Å². The highest BCUT2D eigenvalue weighted by molar-refractivity contribution is 6.43. The zero-order valence-corrected chi connectivity index (χ0v) is 16.4. The highest BCUT2D eigenvalue weighted by atomic mass is 35.5. The fraction of sp³-hybridized carbons (Fsp3) is 0.471. The Hall–Kier alpha value is -1.65. The number of benzene rings is 1. The first kappa shape index (κ1) is 22.6. The molecule has 2 rings (SSSR count). The van der Waals surface area contributed by atoms with Crippen molar-refractivity contribution >= 4 is 29.0 Å². The van der Waals surface area contributed by atoms with E-state index < -0.39 is 6.61 Å². The molecule has 0 unspecified atom stereocenters. The normalized spacial score (nSPS) is 11.3. The number of aryl methyl sites for hydroxylation is 1. The second kappa shape index (κ2) is 12.0. The predicted molar refractivity (Wildman–Crippen MR) is 102 cm³/mol. The Kier molecular flexibility index (Phi) is 9.72. The van der Waals surface area contributed by atoms with Crippen LogP contribution in [0.1, 0.15) is 12.2 Å². The topological polar surface area (TPSA) is 92.4 Å². The van der Waals surface area contributed by atoms with Gasteiger partial charge in [-0.3, -0.25) is 0 Å². The maximum Gasteiger partial charge on any atom is 0.345 e. The average molecular weight is 437 g/mol. The molecule has 0 amide bonds. The molecule has 0 aliphatic heterocycles. The summed E-state index contributed by atoms with van der Waals surface area (Å²) >= 11 is 12.2. The average Bonchev–Trinajstić information content (AvgIpc) is 2.66. The fourth-order valence-electron chi connectivity index (χ4n) is 2.21. The molecule has 1 heterocycles. The molecule has 1 aromatic heterocycles. The quantitative estimate of drug-likeness (QED) is 0.507. The molecule has 28 heavy (non-hydrogen) atoms. The summed E-state index contributed by atoms with van der Waals surface area (Å²) in [6.07, 6.45) is 1.19. The number of alkyl halides is 2. The highest BCUT2D eigenvalue weighted by Gasteiger charge is 2.13. The zero-order valence-electron chi connectivity index (χ0n) is 14.9. The first-order valence-electron chi connectivity index (χ1n) is 8.47. The van der Waals surface area contributed by atoms with E-state index in [0.29, 0.717) is 59.8 Å². The van der Waals surface area contributed by atoms with Gasteiger partial charge in [-0.05, 0) is 12.5 Å². The van der Waals surface area contributed by atoms with Gasteiger partial charge in [0.05, 0.1) is 36.5 Å². The van der Waals surface area contributed by atoms with Crippen molar-refractivity contribution in [1.29, 1.82) is 0 Å². The molecule has 0 atom stereocenters. The van der Waals surface area contributed by atoms with Crippen LogP contribution >= 0.6 is 23.2 Å². The number of nitrogen functional groups attached to an aromatic ring is 1. The molecule has 7 nitrogen and oxygen atoms in total. The summed E-state index contributed by atoms with van der Waals surface area (Å²) < 4.78 is 38.0. The number of hydrogen-bond acceptors (Lipinski definition) is 7. The van der Waals surface area contributed by atoms with Crippen molar-refractivity contribution in [2.45, 2.75) is 19.5 Å². The van der Waals surface area contributed by atoms with Crippen LogP contribution in [0.2, 0.25) is 10.0 Å². The molecule has 0 radical (unpaired) electrons. The molecule has 1 aromatic carbocycles. The smallest absolute Gasteiger partial charge is 0.345 e. The summed E-state index contributed by atoms with van der Waals surface area (Å²) in [5.74, 6) is 0.706. The number of hydrogen-bond donors (Lipinski definition) is 1. The summed E-state index contributed by atoms with van der Waals surface area (Å²) in [4.78, 5) is 4.25. The van der Waals surface area contributed by atoms with Gasteiger partial charge in [0, 0.05) is 18.6 Å². The lowest BCUT2D eigenvalue weighted by molar-refractivity contribution is -0.140. The van der Waals surface area contributed by atoms with E-state index in [9.17, 15) is 8.78 Å². The van der Waals surface area contributed by atoms with Crippen molar-refractivity contribution < 1.29 is 23.0 Å². The van der Waals surface area contributed by atoms with E-state index in [4.69, 9.17) is 38.4 Å². The van der Waals surface area contributed by atoms with Gasteiger partial charge < -0.3 is 19.9 Å². The lowest BCUT2D eigenvalue weighted by Gasteiger charge is -2.08. The summed E-state index contributed by atoms with van der Waals surface area (Å²) in [6, 6.07) is 5.15. The van der Waals surface area contributed by atoms with Crippen LogP contribution < -0.4 is 5.73 Å². The van der Waals surface area contributed by atoms with Crippen LogP contribution in [0.15, 0.2) is 18.2 Å². The number of rotatable bonds is 12. The maximum atomic E-state index is 11.7. The first-order valence-corrected chi connectivity index (χ1v) is 9.23. The monoisotopic (exact) mass is 436 g/mol. The van der Waals surface area contributed by atoms with Gasteiger partial charge in [0.25, 0.3) is 0 Å². The van der Waals surface area contributed by atoms with E-state index in [1.165, 1.54) is 0 Å². The Balaban J connectivity index is 1.69. The van der Waals surface area contributed by atoms with Gasteiger partial charge in [-0.25, -0.2) is 4.98 Å². The Bertz CT molecular complexity index is 756. The number of aromatic nitrogens is 3. The van der Waals surface area contributed by atoms with Gasteiger partial charge in [-0.15, -0.1) is 10.2 Å². The van der Waals surface area contributed by atoms with Crippen LogP contribution in [0.4, 0.5) is 14.6 Å². The second-order valence-electron chi connectivity index (χ2n) is 5.52. The van der Waals surface area contributed by atoms with Crippen LogP contribution in [-0.2, 0) is 20.6 Å². The second-order valence-corrected chi connectivity index (χ2v) is 6.31. The van der Waals surface area contributed by atoms with Gasteiger partial charge in [-0.1, -0.05) is 35.3 Å². The Morgan fingerprint density at radius 1 is 1.00 bits per heavy atom. The van der Waals surface area contributed by atoms with Crippen molar-refractivity contribution in [1.82, 2.24) is 15.2 Å². The van der Waals surface area contributed by atoms with E-state index in [2.05, 4.69) is 19.9 Å². The van der Waals surface area contributed by atoms with Crippen LogP contribution in [0, 0.1) is 0 Å². The molecule has 0 spiro atoms. The number of nitrogens with zero attached hydrogens (tertiary/aromatic N) is 3. The van der Waals surface area contributed by atoms with Gasteiger partial charge >= 0.3 is 6.61 Å². The molecule has 0 aliphatic rings. The van der Waals surface area contributed by atoms with Gasteiger partial charge in [-0.2, -0.15) is 8.78 Å². The maximum absolute atomic E-state index is 11.7. The minimum atomic E-state index is -2.78. The minimum Gasteiger partial charge on any atom is -0.382 e. The number of nitrogens with two attached hydrogens (primary N) is 1. The molecular weight excluding hydrogens is 417 g/mol. The van der Waals surface area contributed by atoms with E-state index in [0.717, 1.165) is 0 Å². The number of ether oxygens (including phenoxy) is 3. The van der Waals surface area contributed by atoms with Crippen LogP contribution in [0.5, 0.6) is 0 Å². The molecule has 0 fully saturated rings. The largest absolute Gasteiger partial charge is 0.382 e. The Morgan fingerprint density at radius 3 is 2.43 bits per heavy atom. The molecular formula is C17H20Cl2F2N4O3. The van der Waals surface area contributed by atoms with E-state index in [-0.39, 0.29) is 19.0 Å². The summed E-state index contributed by atoms with van der Waals surface area (Å²) in [6.45, 7) is -1.73. The number of anilines is 1. The van der Waals surface area contributed by atoms with E-state index in [1.54, 1.807) is 18.2 Å². The standard InChI is InChI=1S/C17H20Cl2F2N4O3/c18-12-4-1-3-11(14(12)19)15-16(22)23-13(24-25-15)5-2-6-26-7-8-27-9-10-28-17(20)21/h1,3-4,17H,2,5-10H2,(H2,22,23,24). The van der Waals surface area contributed by atoms with Crippen LogP contribution in [0.3, 0.4) is 0 Å². The molecule has 0 saturated carbocycles. The van der Waals surface area contributed by atoms with Gasteiger partial charge in [0.2, 0.25) is 0 Å². The molecule has 2 N–H and O–H groups in total. The lowest BCUT2D eigenvalue weighted by Crippen LogP contribution is -2.12. The van der Waals surface area contributed by atoms with Crippen molar-refractivity contribution in [3.8, 4) is 11.3 Å². The molecule has 0 aliphatic carbocycles. The van der Waals surface area contributed by atoms with Crippen molar-refractivity contribution in [3.05, 3.63) is 34.1 Å². The van der Waals surface area contributed by atoms with Gasteiger partial charge in [0.1, 0.15) is 5.69 Å².